The number of aryl methyl sites for hydroxylation is 1. The number of aromatic nitrogens is 3. The molecule has 8 nitrogen and oxygen atoms in total. The van der Waals surface area contributed by atoms with E-state index < -0.39 is 11.5 Å². The van der Waals surface area contributed by atoms with Crippen LogP contribution in [0.2, 0.25) is 0 Å². The maximum absolute atomic E-state index is 13.3. The fourth-order valence-electron chi connectivity index (χ4n) is 3.60. The Hall–Kier alpha value is -4.04. The van der Waals surface area contributed by atoms with Crippen molar-refractivity contribution in [1.82, 2.24) is 14.8 Å². The van der Waals surface area contributed by atoms with E-state index in [0.29, 0.717) is 30.8 Å². The van der Waals surface area contributed by atoms with E-state index in [1.165, 1.54) is 4.68 Å². The van der Waals surface area contributed by atoms with Crippen LogP contribution in [-0.4, -0.2) is 32.4 Å². The predicted octanol–water partition coefficient (Wildman–Crippen LogP) is 3.64. The third-order valence-electron chi connectivity index (χ3n) is 5.15. The second-order valence-corrected chi connectivity index (χ2v) is 7.29. The van der Waals surface area contributed by atoms with Gasteiger partial charge in [0.2, 0.25) is 0 Å². The van der Waals surface area contributed by atoms with Crippen molar-refractivity contribution >= 4 is 28.2 Å². The van der Waals surface area contributed by atoms with Gasteiger partial charge in [-0.2, -0.15) is 5.10 Å². The van der Waals surface area contributed by atoms with E-state index >= 15 is 0 Å². The first-order valence-electron chi connectivity index (χ1n) is 10.3. The van der Waals surface area contributed by atoms with Gasteiger partial charge in [-0.1, -0.05) is 36.4 Å². The molecule has 4 aromatic rings. The lowest BCUT2D eigenvalue weighted by molar-refractivity contribution is 0.0698. The number of nitrogens with two attached hydrogens (primary N) is 1. The van der Waals surface area contributed by atoms with Crippen LogP contribution in [-0.2, 0) is 6.54 Å². The Morgan fingerprint density at radius 2 is 1.84 bits per heavy atom. The van der Waals surface area contributed by atoms with Crippen LogP contribution in [0.3, 0.4) is 0 Å². The quantitative estimate of drug-likeness (QED) is 0.365. The zero-order valence-electron chi connectivity index (χ0n) is 17.4. The first-order valence-corrected chi connectivity index (χ1v) is 10.3. The number of carboxylic acid groups (broad SMARTS) is 1. The zero-order valence-corrected chi connectivity index (χ0v) is 17.4. The first-order chi connectivity index (χ1) is 15.6. The standard InChI is InChI=1S/C24H23N5O3/c25-13-4-5-15-29-23(30)22(27-19-12-6-11-18-17(19)10-7-14-26-18)20(24(31)32)21(28-29)16-8-2-1-3-9-16/h1-3,6-12,14,27H,4-5,13,15,25H2,(H,31,32). The second kappa shape index (κ2) is 9.40. The van der Waals surface area contributed by atoms with Gasteiger partial charge in [0.25, 0.3) is 5.56 Å². The maximum atomic E-state index is 13.3. The number of hydrogen-bond donors (Lipinski definition) is 3. The highest BCUT2D eigenvalue weighted by atomic mass is 16.4. The van der Waals surface area contributed by atoms with Crippen molar-refractivity contribution in [2.45, 2.75) is 19.4 Å². The average Bonchev–Trinajstić information content (AvgIpc) is 2.82. The number of fused-ring (bicyclic) bond motifs is 1. The molecule has 0 aliphatic heterocycles. The number of carbonyl (C=O) groups is 1. The van der Waals surface area contributed by atoms with Gasteiger partial charge in [0.1, 0.15) is 16.9 Å². The summed E-state index contributed by atoms with van der Waals surface area (Å²) in [6.07, 6.45) is 3.06. The Morgan fingerprint density at radius 1 is 1.03 bits per heavy atom. The topological polar surface area (TPSA) is 123 Å². The Kier molecular flexibility index (Phi) is 6.23. The number of rotatable bonds is 8. The van der Waals surface area contributed by atoms with Gasteiger partial charge in [0, 0.05) is 29.4 Å². The molecule has 0 spiro atoms. The molecular formula is C24H23N5O3. The van der Waals surface area contributed by atoms with Crippen LogP contribution in [0.1, 0.15) is 23.2 Å². The number of carboxylic acids is 1. The van der Waals surface area contributed by atoms with Gasteiger partial charge in [-0.3, -0.25) is 9.78 Å². The summed E-state index contributed by atoms with van der Waals surface area (Å²) in [4.78, 5) is 30.0. The van der Waals surface area contributed by atoms with Crippen LogP contribution in [0, 0.1) is 0 Å². The molecule has 0 amide bonds. The molecule has 0 saturated heterocycles. The van der Waals surface area contributed by atoms with Crippen LogP contribution in [0.25, 0.3) is 22.2 Å². The van der Waals surface area contributed by atoms with Gasteiger partial charge in [-0.25, -0.2) is 9.48 Å². The lowest BCUT2D eigenvalue weighted by Gasteiger charge is -2.17. The number of aromatic carboxylic acids is 1. The molecule has 0 fully saturated rings. The Bertz CT molecular complexity index is 1310. The molecule has 2 aromatic heterocycles. The molecule has 0 atom stereocenters. The second-order valence-electron chi connectivity index (χ2n) is 7.29. The summed E-state index contributed by atoms with van der Waals surface area (Å²) in [5, 5.41) is 18.4. The highest BCUT2D eigenvalue weighted by molar-refractivity contribution is 6.02. The van der Waals surface area contributed by atoms with Crippen molar-refractivity contribution in [3.05, 3.63) is 82.8 Å². The van der Waals surface area contributed by atoms with E-state index in [1.54, 1.807) is 48.7 Å². The van der Waals surface area contributed by atoms with Crippen molar-refractivity contribution in [1.29, 1.82) is 0 Å². The zero-order chi connectivity index (χ0) is 22.5. The van der Waals surface area contributed by atoms with Crippen molar-refractivity contribution in [2.75, 3.05) is 11.9 Å². The molecule has 0 saturated carbocycles. The maximum Gasteiger partial charge on any atom is 0.340 e. The molecule has 0 radical (unpaired) electrons. The molecule has 0 unspecified atom stereocenters. The van der Waals surface area contributed by atoms with Crippen LogP contribution < -0.4 is 16.6 Å². The summed E-state index contributed by atoms with van der Waals surface area (Å²) in [5.74, 6) is -1.23. The lowest BCUT2D eigenvalue weighted by atomic mass is 10.0. The highest BCUT2D eigenvalue weighted by Crippen LogP contribution is 2.29. The van der Waals surface area contributed by atoms with E-state index in [-0.39, 0.29) is 16.9 Å². The number of unbranched alkanes of at least 4 members (excludes halogenated alkanes) is 1. The summed E-state index contributed by atoms with van der Waals surface area (Å²) in [6, 6.07) is 18.1. The number of nitrogens with one attached hydrogen (secondary N) is 1. The summed E-state index contributed by atoms with van der Waals surface area (Å²) >= 11 is 0. The largest absolute Gasteiger partial charge is 0.478 e. The first kappa shape index (κ1) is 21.2. The summed E-state index contributed by atoms with van der Waals surface area (Å²) in [5.41, 5.74) is 7.06. The minimum atomic E-state index is -1.23. The predicted molar refractivity (Wildman–Crippen MR) is 124 cm³/mol. The molecule has 2 aromatic carbocycles. The summed E-state index contributed by atoms with van der Waals surface area (Å²) in [7, 11) is 0. The van der Waals surface area contributed by atoms with E-state index in [4.69, 9.17) is 5.73 Å². The minimum Gasteiger partial charge on any atom is -0.478 e. The average molecular weight is 429 g/mol. The Morgan fingerprint density at radius 3 is 2.59 bits per heavy atom. The molecule has 0 bridgehead atoms. The fraction of sp³-hybridized carbons (Fsp3) is 0.167. The van der Waals surface area contributed by atoms with Gasteiger partial charge in [0.15, 0.2) is 0 Å². The smallest absolute Gasteiger partial charge is 0.340 e. The van der Waals surface area contributed by atoms with Gasteiger partial charge in [0.05, 0.1) is 5.52 Å². The van der Waals surface area contributed by atoms with Crippen LogP contribution in [0.5, 0.6) is 0 Å². The van der Waals surface area contributed by atoms with E-state index in [0.717, 1.165) is 17.3 Å². The van der Waals surface area contributed by atoms with Crippen LogP contribution >= 0.6 is 0 Å². The van der Waals surface area contributed by atoms with Crippen molar-refractivity contribution < 1.29 is 9.90 Å². The van der Waals surface area contributed by atoms with Gasteiger partial charge >= 0.3 is 5.97 Å². The third-order valence-corrected chi connectivity index (χ3v) is 5.15. The molecule has 0 aliphatic rings. The number of hydrogen-bond acceptors (Lipinski definition) is 6. The monoisotopic (exact) mass is 429 g/mol. The molecule has 8 heteroatoms. The Labute approximate surface area is 184 Å². The van der Waals surface area contributed by atoms with Gasteiger partial charge in [-0.05, 0) is 43.7 Å². The van der Waals surface area contributed by atoms with Gasteiger partial charge in [-0.15, -0.1) is 0 Å². The van der Waals surface area contributed by atoms with Crippen molar-refractivity contribution in [2.24, 2.45) is 5.73 Å². The SMILES string of the molecule is NCCCCn1nc(-c2ccccc2)c(C(=O)O)c(Nc2cccc3ncccc23)c1=O. The van der Waals surface area contributed by atoms with Crippen LogP contribution in [0.15, 0.2) is 71.7 Å². The van der Waals surface area contributed by atoms with Crippen LogP contribution in [0.4, 0.5) is 11.4 Å². The molecular weight excluding hydrogens is 406 g/mol. The van der Waals surface area contributed by atoms with Crippen molar-refractivity contribution in [3.8, 4) is 11.3 Å². The van der Waals surface area contributed by atoms with Gasteiger partial charge < -0.3 is 16.2 Å². The van der Waals surface area contributed by atoms with Crippen molar-refractivity contribution in [3.63, 3.8) is 0 Å². The minimum absolute atomic E-state index is 0.0320. The summed E-state index contributed by atoms with van der Waals surface area (Å²) < 4.78 is 1.32. The van der Waals surface area contributed by atoms with E-state index in [9.17, 15) is 14.7 Å². The number of pyridine rings is 1. The summed E-state index contributed by atoms with van der Waals surface area (Å²) in [6.45, 7) is 0.836. The highest BCUT2D eigenvalue weighted by Gasteiger charge is 2.24. The molecule has 32 heavy (non-hydrogen) atoms. The normalized spacial score (nSPS) is 10.9. The lowest BCUT2D eigenvalue weighted by Crippen LogP contribution is -2.29. The molecule has 2 heterocycles. The fourth-order valence-corrected chi connectivity index (χ4v) is 3.60. The molecule has 4 N–H and O–H groups in total. The van der Waals surface area contributed by atoms with E-state index in [2.05, 4.69) is 15.4 Å². The number of nitrogens with zero attached hydrogens (tertiary/aromatic N) is 3. The van der Waals surface area contributed by atoms with E-state index in [1.807, 2.05) is 18.2 Å². The third kappa shape index (κ3) is 4.21. The molecule has 162 valence electrons. The molecule has 4 rings (SSSR count). The number of anilines is 2. The Balaban J connectivity index is 1.93. The molecule has 0 aliphatic carbocycles. The number of benzene rings is 2.